The summed E-state index contributed by atoms with van der Waals surface area (Å²) in [4.78, 5) is 0. The summed E-state index contributed by atoms with van der Waals surface area (Å²) in [6.07, 6.45) is -3.76. The van der Waals surface area contributed by atoms with Gasteiger partial charge >= 0.3 is 6.18 Å². The van der Waals surface area contributed by atoms with Gasteiger partial charge < -0.3 is 5.32 Å². The molecule has 8 heteroatoms. The number of halogens is 5. The highest BCUT2D eigenvalue weighted by atomic mass is 79.9. The van der Waals surface area contributed by atoms with E-state index in [1.54, 1.807) is 4.68 Å². The number of fused-ring (bicyclic) bond motifs is 1. The highest BCUT2D eigenvalue weighted by Crippen LogP contribution is 2.40. The Hall–Kier alpha value is -1.99. The van der Waals surface area contributed by atoms with E-state index in [2.05, 4.69) is 26.3 Å². The van der Waals surface area contributed by atoms with Gasteiger partial charge in [-0.2, -0.15) is 18.3 Å². The molecule has 0 spiro atoms. The molecule has 0 fully saturated rings. The zero-order valence-electron chi connectivity index (χ0n) is 13.2. The Labute approximate surface area is 160 Å². The van der Waals surface area contributed by atoms with Crippen molar-refractivity contribution in [3.63, 3.8) is 0 Å². The number of benzene rings is 2. The quantitative estimate of drug-likeness (QED) is 0.532. The van der Waals surface area contributed by atoms with E-state index < -0.39 is 11.7 Å². The number of hydrogen-bond donors (Lipinski definition) is 1. The maximum Gasteiger partial charge on any atom is 0.416 e. The molecule has 3 nitrogen and oxygen atoms in total. The molecule has 0 bridgehead atoms. The van der Waals surface area contributed by atoms with Crippen molar-refractivity contribution in [2.75, 3.05) is 11.9 Å². The van der Waals surface area contributed by atoms with Crippen LogP contribution >= 0.6 is 27.5 Å². The SMILES string of the molecule is FC(F)(F)c1ccc(Cl)c(-c2nn(-c3ccc(Br)cc3)c3c2CCN3)c1. The van der Waals surface area contributed by atoms with Crippen LogP contribution in [0.3, 0.4) is 0 Å². The molecule has 1 N–H and O–H groups in total. The third kappa shape index (κ3) is 2.99. The predicted molar refractivity (Wildman–Crippen MR) is 98.9 cm³/mol. The summed E-state index contributed by atoms with van der Waals surface area (Å²) in [5.41, 5.74) is 1.71. The van der Waals surface area contributed by atoms with Gasteiger partial charge in [-0.3, -0.25) is 0 Å². The summed E-state index contributed by atoms with van der Waals surface area (Å²) >= 11 is 9.60. The van der Waals surface area contributed by atoms with Crippen molar-refractivity contribution in [2.45, 2.75) is 12.6 Å². The van der Waals surface area contributed by atoms with Crippen LogP contribution in [-0.2, 0) is 12.6 Å². The van der Waals surface area contributed by atoms with Crippen LogP contribution in [0.5, 0.6) is 0 Å². The Morgan fingerprint density at radius 2 is 1.85 bits per heavy atom. The molecule has 0 amide bonds. The third-order valence-corrected chi connectivity index (χ3v) is 5.13. The van der Waals surface area contributed by atoms with E-state index in [0.29, 0.717) is 18.7 Å². The van der Waals surface area contributed by atoms with E-state index in [1.165, 1.54) is 6.07 Å². The molecule has 26 heavy (non-hydrogen) atoms. The summed E-state index contributed by atoms with van der Waals surface area (Å²) < 4.78 is 42.0. The molecular weight excluding hydrogens is 431 g/mol. The molecule has 3 aromatic rings. The first-order valence-corrected chi connectivity index (χ1v) is 9.00. The van der Waals surface area contributed by atoms with E-state index in [9.17, 15) is 13.2 Å². The van der Waals surface area contributed by atoms with Gasteiger partial charge in [-0.15, -0.1) is 0 Å². The van der Waals surface area contributed by atoms with Crippen LogP contribution in [0.25, 0.3) is 16.9 Å². The fourth-order valence-electron chi connectivity index (χ4n) is 3.04. The number of alkyl halides is 3. The highest BCUT2D eigenvalue weighted by Gasteiger charge is 2.32. The minimum Gasteiger partial charge on any atom is -0.369 e. The number of nitrogens with zero attached hydrogens (tertiary/aromatic N) is 2. The molecule has 0 saturated heterocycles. The topological polar surface area (TPSA) is 29.9 Å². The lowest BCUT2D eigenvalue weighted by molar-refractivity contribution is -0.137. The third-order valence-electron chi connectivity index (χ3n) is 4.27. The van der Waals surface area contributed by atoms with Gasteiger partial charge in [0.25, 0.3) is 0 Å². The molecule has 4 rings (SSSR count). The summed E-state index contributed by atoms with van der Waals surface area (Å²) in [7, 11) is 0. The van der Waals surface area contributed by atoms with Gasteiger partial charge in [0, 0.05) is 22.1 Å². The van der Waals surface area contributed by atoms with Crippen LogP contribution in [-0.4, -0.2) is 16.3 Å². The molecule has 0 saturated carbocycles. The smallest absolute Gasteiger partial charge is 0.369 e. The lowest BCUT2D eigenvalue weighted by Crippen LogP contribution is -2.06. The van der Waals surface area contributed by atoms with E-state index >= 15 is 0 Å². The van der Waals surface area contributed by atoms with Crippen LogP contribution in [0, 0.1) is 0 Å². The number of hydrogen-bond acceptors (Lipinski definition) is 2. The van der Waals surface area contributed by atoms with E-state index in [1.807, 2.05) is 24.3 Å². The Morgan fingerprint density at radius 3 is 2.54 bits per heavy atom. The second-order valence-electron chi connectivity index (χ2n) is 5.93. The fourth-order valence-corrected chi connectivity index (χ4v) is 3.51. The molecule has 0 atom stereocenters. The minimum atomic E-state index is -4.44. The van der Waals surface area contributed by atoms with Crippen LogP contribution in [0.15, 0.2) is 46.9 Å². The van der Waals surface area contributed by atoms with Crippen LogP contribution in [0.1, 0.15) is 11.1 Å². The van der Waals surface area contributed by atoms with E-state index in [0.717, 1.165) is 33.7 Å². The Balaban J connectivity index is 1.89. The Kier molecular flexibility index (Phi) is 4.23. The first-order chi connectivity index (χ1) is 12.3. The molecule has 1 aromatic heterocycles. The van der Waals surface area contributed by atoms with Gasteiger partial charge in [-0.05, 0) is 48.9 Å². The second-order valence-corrected chi connectivity index (χ2v) is 7.26. The van der Waals surface area contributed by atoms with Crippen LogP contribution in [0.2, 0.25) is 5.02 Å². The number of rotatable bonds is 2. The van der Waals surface area contributed by atoms with Crippen molar-refractivity contribution >= 4 is 33.3 Å². The second kappa shape index (κ2) is 6.32. The first-order valence-electron chi connectivity index (χ1n) is 7.83. The van der Waals surface area contributed by atoms with Crippen molar-refractivity contribution in [1.29, 1.82) is 0 Å². The standard InChI is InChI=1S/C18H12BrClF3N3/c19-11-2-4-12(5-3-11)26-17-13(7-8-24-17)16(25-26)14-9-10(18(21,22)23)1-6-15(14)20/h1-6,9,24H,7-8H2. The molecule has 1 aliphatic heterocycles. The van der Waals surface area contributed by atoms with Crippen LogP contribution < -0.4 is 5.32 Å². The van der Waals surface area contributed by atoms with E-state index in [-0.39, 0.29) is 10.6 Å². The minimum absolute atomic E-state index is 0.244. The van der Waals surface area contributed by atoms with Gasteiger partial charge in [0.15, 0.2) is 0 Å². The average Bonchev–Trinajstić information content (AvgIpc) is 3.18. The molecule has 0 aliphatic carbocycles. The van der Waals surface area contributed by atoms with Crippen molar-refractivity contribution in [3.05, 3.63) is 63.1 Å². The zero-order chi connectivity index (χ0) is 18.5. The van der Waals surface area contributed by atoms with Crippen molar-refractivity contribution in [3.8, 4) is 16.9 Å². The number of anilines is 1. The average molecular weight is 443 g/mol. The molecule has 0 unspecified atom stereocenters. The maximum atomic E-state index is 13.1. The van der Waals surface area contributed by atoms with Crippen molar-refractivity contribution in [1.82, 2.24) is 9.78 Å². The van der Waals surface area contributed by atoms with Crippen molar-refractivity contribution < 1.29 is 13.2 Å². The zero-order valence-corrected chi connectivity index (χ0v) is 15.6. The van der Waals surface area contributed by atoms with Gasteiger partial charge in [0.05, 0.1) is 22.0 Å². The largest absolute Gasteiger partial charge is 0.416 e. The van der Waals surface area contributed by atoms with Gasteiger partial charge in [-0.25, -0.2) is 4.68 Å². The summed E-state index contributed by atoms with van der Waals surface area (Å²) in [5, 5.41) is 8.08. The molecule has 0 radical (unpaired) electrons. The highest BCUT2D eigenvalue weighted by molar-refractivity contribution is 9.10. The first kappa shape index (κ1) is 17.4. The summed E-state index contributed by atoms with van der Waals surface area (Å²) in [6, 6.07) is 10.9. The molecule has 2 heterocycles. The fraction of sp³-hybridized carbons (Fsp3) is 0.167. The molecular formula is C18H12BrClF3N3. The summed E-state index contributed by atoms with van der Waals surface area (Å²) in [6.45, 7) is 0.702. The van der Waals surface area contributed by atoms with Crippen molar-refractivity contribution in [2.24, 2.45) is 0 Å². The normalized spacial score (nSPS) is 13.6. The molecule has 1 aliphatic rings. The van der Waals surface area contributed by atoms with Gasteiger partial charge in [0.1, 0.15) is 5.82 Å². The number of aromatic nitrogens is 2. The van der Waals surface area contributed by atoms with Crippen LogP contribution in [0.4, 0.5) is 19.0 Å². The Morgan fingerprint density at radius 1 is 1.12 bits per heavy atom. The lowest BCUT2D eigenvalue weighted by Gasteiger charge is -2.10. The monoisotopic (exact) mass is 441 g/mol. The van der Waals surface area contributed by atoms with Gasteiger partial charge in [-0.1, -0.05) is 27.5 Å². The molecule has 134 valence electrons. The van der Waals surface area contributed by atoms with Gasteiger partial charge in [0.2, 0.25) is 0 Å². The molecule has 2 aromatic carbocycles. The number of nitrogens with one attached hydrogen (secondary N) is 1. The predicted octanol–water partition coefficient (Wildman–Crippen LogP) is 5.94. The van der Waals surface area contributed by atoms with E-state index in [4.69, 9.17) is 11.6 Å². The lowest BCUT2D eigenvalue weighted by atomic mass is 10.0. The maximum absolute atomic E-state index is 13.1. The summed E-state index contributed by atoms with van der Waals surface area (Å²) in [5.74, 6) is 0.788. The Bertz CT molecular complexity index is 981.